The lowest BCUT2D eigenvalue weighted by Crippen LogP contribution is -2.38. The van der Waals surface area contributed by atoms with E-state index >= 15 is 0 Å². The molecule has 4 heteroatoms. The smallest absolute Gasteiger partial charge is 0.137 e. The number of fused-ring (bicyclic) bond motifs is 1. The molecule has 0 bridgehead atoms. The molecule has 1 heterocycles. The molecule has 15 heavy (non-hydrogen) atoms. The quantitative estimate of drug-likeness (QED) is 0.773. The maximum atomic E-state index is 13.3. The van der Waals surface area contributed by atoms with Crippen LogP contribution >= 0.6 is 28.3 Å². The van der Waals surface area contributed by atoms with E-state index in [0.29, 0.717) is 4.47 Å². The summed E-state index contributed by atoms with van der Waals surface area (Å²) in [5.74, 6) is -0.178. The first-order valence-corrected chi connectivity index (χ1v) is 5.50. The first kappa shape index (κ1) is 12.9. The van der Waals surface area contributed by atoms with Gasteiger partial charge in [-0.25, -0.2) is 4.39 Å². The van der Waals surface area contributed by atoms with Crippen molar-refractivity contribution in [3.05, 3.63) is 33.5 Å². The Morgan fingerprint density at radius 2 is 2.07 bits per heavy atom. The van der Waals surface area contributed by atoms with Crippen molar-refractivity contribution in [2.45, 2.75) is 25.8 Å². The van der Waals surface area contributed by atoms with Crippen LogP contribution in [0.1, 0.15) is 25.0 Å². The van der Waals surface area contributed by atoms with Crippen LogP contribution in [0.2, 0.25) is 0 Å². The molecule has 1 aliphatic heterocycles. The average Bonchev–Trinajstić information content (AvgIpc) is 2.11. The van der Waals surface area contributed by atoms with Gasteiger partial charge in [0.1, 0.15) is 5.82 Å². The summed E-state index contributed by atoms with van der Waals surface area (Å²) < 4.78 is 13.9. The summed E-state index contributed by atoms with van der Waals surface area (Å²) >= 11 is 3.30. The molecule has 0 unspecified atom stereocenters. The molecule has 0 spiro atoms. The Morgan fingerprint density at radius 3 is 2.73 bits per heavy atom. The van der Waals surface area contributed by atoms with Crippen molar-refractivity contribution < 1.29 is 4.39 Å². The van der Waals surface area contributed by atoms with Crippen molar-refractivity contribution in [3.63, 3.8) is 0 Å². The Bertz CT molecular complexity index is 379. The molecule has 0 saturated heterocycles. The second-order valence-corrected chi connectivity index (χ2v) is 5.17. The monoisotopic (exact) mass is 293 g/mol. The maximum absolute atomic E-state index is 13.3. The highest BCUT2D eigenvalue weighted by atomic mass is 79.9. The molecule has 0 aliphatic carbocycles. The van der Waals surface area contributed by atoms with Gasteiger partial charge in [0, 0.05) is 18.5 Å². The number of halogens is 3. The van der Waals surface area contributed by atoms with Crippen LogP contribution in [0.5, 0.6) is 0 Å². The van der Waals surface area contributed by atoms with Gasteiger partial charge < -0.3 is 5.32 Å². The normalized spacial score (nSPS) is 17.9. The number of nitrogens with one attached hydrogen (secondary N) is 1. The lowest BCUT2D eigenvalue weighted by atomic mass is 9.79. The van der Waals surface area contributed by atoms with Gasteiger partial charge in [-0.15, -0.1) is 12.4 Å². The minimum Gasteiger partial charge on any atom is -0.312 e. The Labute approximate surface area is 104 Å². The van der Waals surface area contributed by atoms with Crippen LogP contribution in [0.25, 0.3) is 0 Å². The lowest BCUT2D eigenvalue weighted by Gasteiger charge is -2.33. The predicted octanol–water partition coefficient (Wildman–Crippen LogP) is 3.39. The second kappa shape index (κ2) is 4.40. The van der Waals surface area contributed by atoms with E-state index in [2.05, 4.69) is 35.1 Å². The summed E-state index contributed by atoms with van der Waals surface area (Å²) in [6.45, 7) is 6.03. The van der Waals surface area contributed by atoms with Gasteiger partial charge >= 0.3 is 0 Å². The zero-order valence-corrected chi connectivity index (χ0v) is 11.1. The van der Waals surface area contributed by atoms with Crippen LogP contribution in [-0.4, -0.2) is 6.54 Å². The third-order valence-corrected chi connectivity index (χ3v) is 3.65. The summed E-state index contributed by atoms with van der Waals surface area (Å²) in [5.41, 5.74) is 2.38. The molecule has 1 aromatic carbocycles. The molecule has 0 atom stereocenters. The van der Waals surface area contributed by atoms with Gasteiger partial charge in [-0.1, -0.05) is 19.9 Å². The molecular formula is C11H14BrClFN. The summed E-state index contributed by atoms with van der Waals surface area (Å²) in [6.07, 6.45) is 0. The Hall–Kier alpha value is -0.120. The van der Waals surface area contributed by atoms with Crippen molar-refractivity contribution in [1.82, 2.24) is 5.32 Å². The summed E-state index contributed by atoms with van der Waals surface area (Å²) in [4.78, 5) is 0. The summed E-state index contributed by atoms with van der Waals surface area (Å²) in [7, 11) is 0. The molecule has 84 valence electrons. The third kappa shape index (κ3) is 2.19. The van der Waals surface area contributed by atoms with Crippen LogP contribution in [0.15, 0.2) is 16.6 Å². The van der Waals surface area contributed by atoms with Crippen LogP contribution in [-0.2, 0) is 12.0 Å². The Morgan fingerprint density at radius 1 is 1.40 bits per heavy atom. The van der Waals surface area contributed by atoms with E-state index in [4.69, 9.17) is 0 Å². The number of hydrogen-bond acceptors (Lipinski definition) is 1. The predicted molar refractivity (Wildman–Crippen MR) is 66.1 cm³/mol. The fourth-order valence-corrected chi connectivity index (χ4v) is 2.48. The van der Waals surface area contributed by atoms with Gasteiger partial charge in [-0.3, -0.25) is 0 Å². The average molecular weight is 295 g/mol. The van der Waals surface area contributed by atoms with E-state index in [9.17, 15) is 4.39 Å². The first-order valence-electron chi connectivity index (χ1n) is 4.70. The lowest BCUT2D eigenvalue weighted by molar-refractivity contribution is 0.431. The molecule has 0 radical (unpaired) electrons. The highest BCUT2D eigenvalue weighted by Crippen LogP contribution is 2.34. The SMILES string of the molecule is CC1(C)CNCc2c1ccc(F)c2Br.Cl. The fourth-order valence-electron chi connectivity index (χ4n) is 1.99. The van der Waals surface area contributed by atoms with Crippen LogP contribution < -0.4 is 5.32 Å². The molecular weight excluding hydrogens is 280 g/mol. The summed E-state index contributed by atoms with van der Waals surface area (Å²) in [5, 5.41) is 3.30. The maximum Gasteiger partial charge on any atom is 0.137 e. The second-order valence-electron chi connectivity index (χ2n) is 4.37. The van der Waals surface area contributed by atoms with Crippen LogP contribution in [0, 0.1) is 5.82 Å². The van der Waals surface area contributed by atoms with Crippen LogP contribution in [0.4, 0.5) is 4.39 Å². The van der Waals surface area contributed by atoms with E-state index in [0.717, 1.165) is 18.7 Å². The van der Waals surface area contributed by atoms with E-state index in [-0.39, 0.29) is 23.6 Å². The Balaban J connectivity index is 0.00000112. The van der Waals surface area contributed by atoms with Gasteiger partial charge in [-0.05, 0) is 33.1 Å². The molecule has 1 N–H and O–H groups in total. The molecule has 1 nitrogen and oxygen atoms in total. The molecule has 0 saturated carbocycles. The largest absolute Gasteiger partial charge is 0.312 e. The number of benzene rings is 1. The van der Waals surface area contributed by atoms with E-state index in [1.165, 1.54) is 11.6 Å². The molecule has 0 aromatic heterocycles. The highest BCUT2D eigenvalue weighted by molar-refractivity contribution is 9.10. The zero-order chi connectivity index (χ0) is 10.3. The minimum absolute atomic E-state index is 0. The van der Waals surface area contributed by atoms with Crippen molar-refractivity contribution in [3.8, 4) is 0 Å². The molecule has 2 rings (SSSR count). The van der Waals surface area contributed by atoms with Gasteiger partial charge in [-0.2, -0.15) is 0 Å². The minimum atomic E-state index is -0.178. The van der Waals surface area contributed by atoms with Crippen molar-refractivity contribution in [2.75, 3.05) is 6.54 Å². The standard InChI is InChI=1S/C11H13BrFN.ClH/c1-11(2)6-14-5-7-8(11)3-4-9(13)10(7)12;/h3-4,14H,5-6H2,1-2H3;1H. The topological polar surface area (TPSA) is 12.0 Å². The van der Waals surface area contributed by atoms with Crippen molar-refractivity contribution in [1.29, 1.82) is 0 Å². The first-order chi connectivity index (χ1) is 6.52. The van der Waals surface area contributed by atoms with Gasteiger partial charge in [0.25, 0.3) is 0 Å². The van der Waals surface area contributed by atoms with E-state index in [1.54, 1.807) is 0 Å². The number of rotatable bonds is 0. The zero-order valence-electron chi connectivity index (χ0n) is 8.73. The van der Waals surface area contributed by atoms with Crippen molar-refractivity contribution >= 4 is 28.3 Å². The van der Waals surface area contributed by atoms with Crippen molar-refractivity contribution in [2.24, 2.45) is 0 Å². The molecule has 1 aliphatic rings. The number of hydrogen-bond donors (Lipinski definition) is 1. The third-order valence-electron chi connectivity index (χ3n) is 2.79. The molecule has 0 amide bonds. The van der Waals surface area contributed by atoms with E-state index < -0.39 is 0 Å². The van der Waals surface area contributed by atoms with Gasteiger partial charge in [0.05, 0.1) is 4.47 Å². The Kier molecular flexibility index (Phi) is 3.80. The summed E-state index contributed by atoms with van der Waals surface area (Å²) in [6, 6.07) is 3.44. The molecule has 0 fully saturated rings. The van der Waals surface area contributed by atoms with E-state index in [1.807, 2.05) is 6.07 Å². The van der Waals surface area contributed by atoms with Gasteiger partial charge in [0.15, 0.2) is 0 Å². The highest BCUT2D eigenvalue weighted by Gasteiger charge is 2.28. The van der Waals surface area contributed by atoms with Gasteiger partial charge in [0.2, 0.25) is 0 Å². The molecule has 1 aromatic rings. The fraction of sp³-hybridized carbons (Fsp3) is 0.455. The van der Waals surface area contributed by atoms with Crippen LogP contribution in [0.3, 0.4) is 0 Å².